The van der Waals surface area contributed by atoms with Crippen LogP contribution < -0.4 is 4.74 Å². The molecule has 0 saturated heterocycles. The molecule has 0 aliphatic heterocycles. The Morgan fingerprint density at radius 1 is 1.04 bits per heavy atom. The molecule has 0 amide bonds. The van der Waals surface area contributed by atoms with Crippen molar-refractivity contribution in [3.63, 3.8) is 0 Å². The lowest BCUT2D eigenvalue weighted by atomic mass is 10.2. The van der Waals surface area contributed by atoms with Gasteiger partial charge in [0, 0.05) is 5.56 Å². The Morgan fingerprint density at radius 2 is 1.71 bits per heavy atom. The third kappa shape index (κ3) is 3.98. The summed E-state index contributed by atoms with van der Waals surface area (Å²) in [5, 5.41) is 7.81. The second-order valence-corrected chi connectivity index (χ2v) is 5.05. The van der Waals surface area contributed by atoms with Gasteiger partial charge in [-0.05, 0) is 31.2 Å². The maximum absolute atomic E-state index is 12.0. The number of ether oxygens (including phenoxy) is 2. The third-order valence-corrected chi connectivity index (χ3v) is 3.21. The zero-order chi connectivity index (χ0) is 16.8. The van der Waals surface area contributed by atoms with Crippen LogP contribution in [-0.2, 0) is 16.1 Å². The second kappa shape index (κ2) is 7.41. The van der Waals surface area contributed by atoms with E-state index < -0.39 is 12.1 Å². The summed E-state index contributed by atoms with van der Waals surface area (Å²) in [6, 6.07) is 18.4. The van der Waals surface area contributed by atoms with Gasteiger partial charge in [0.2, 0.25) is 5.89 Å². The predicted molar refractivity (Wildman–Crippen MR) is 86.1 cm³/mol. The minimum absolute atomic E-state index is 0.0961. The fourth-order valence-electron chi connectivity index (χ4n) is 2.01. The average Bonchev–Trinajstić information content (AvgIpc) is 3.10. The maximum atomic E-state index is 12.0. The van der Waals surface area contributed by atoms with E-state index in [9.17, 15) is 4.79 Å². The van der Waals surface area contributed by atoms with Crippen molar-refractivity contribution in [2.45, 2.75) is 19.6 Å². The SMILES string of the molecule is C[C@H](Oc1ccccc1)C(=O)OCc1nnc(-c2ccccc2)o1. The van der Waals surface area contributed by atoms with Crippen LogP contribution in [0.2, 0.25) is 0 Å². The predicted octanol–water partition coefficient (Wildman–Crippen LogP) is 3.25. The number of aromatic nitrogens is 2. The summed E-state index contributed by atoms with van der Waals surface area (Å²) in [7, 11) is 0. The zero-order valence-corrected chi connectivity index (χ0v) is 13.1. The molecule has 0 bridgehead atoms. The average molecular weight is 324 g/mol. The molecule has 0 saturated carbocycles. The largest absolute Gasteiger partial charge is 0.479 e. The Morgan fingerprint density at radius 3 is 2.42 bits per heavy atom. The lowest BCUT2D eigenvalue weighted by Crippen LogP contribution is -2.26. The van der Waals surface area contributed by atoms with Crippen LogP contribution in [0.1, 0.15) is 12.8 Å². The third-order valence-electron chi connectivity index (χ3n) is 3.21. The van der Waals surface area contributed by atoms with E-state index in [1.807, 2.05) is 48.5 Å². The molecule has 1 aromatic heterocycles. The Kier molecular flexibility index (Phi) is 4.86. The van der Waals surface area contributed by atoms with Gasteiger partial charge in [-0.2, -0.15) is 0 Å². The normalized spacial score (nSPS) is 11.7. The maximum Gasteiger partial charge on any atom is 0.347 e. The van der Waals surface area contributed by atoms with Crippen molar-refractivity contribution in [1.29, 1.82) is 0 Å². The van der Waals surface area contributed by atoms with Gasteiger partial charge in [0.25, 0.3) is 5.89 Å². The summed E-state index contributed by atoms with van der Waals surface area (Å²) >= 11 is 0. The number of esters is 1. The van der Waals surface area contributed by atoms with E-state index in [4.69, 9.17) is 13.9 Å². The van der Waals surface area contributed by atoms with E-state index >= 15 is 0 Å². The molecule has 0 unspecified atom stereocenters. The van der Waals surface area contributed by atoms with Crippen LogP contribution in [0.5, 0.6) is 5.75 Å². The number of rotatable bonds is 6. The summed E-state index contributed by atoms with van der Waals surface area (Å²) < 4.78 is 16.1. The summed E-state index contributed by atoms with van der Waals surface area (Å²) in [5.74, 6) is 0.716. The Hall–Kier alpha value is -3.15. The van der Waals surface area contributed by atoms with Gasteiger partial charge in [0.1, 0.15) is 5.75 Å². The van der Waals surface area contributed by atoms with E-state index in [-0.39, 0.29) is 12.5 Å². The van der Waals surface area contributed by atoms with Crippen molar-refractivity contribution in [3.8, 4) is 17.2 Å². The molecular weight excluding hydrogens is 308 g/mol. The van der Waals surface area contributed by atoms with Gasteiger partial charge < -0.3 is 13.9 Å². The molecule has 0 radical (unpaired) electrons. The number of carbonyl (C=O) groups is 1. The standard InChI is InChI=1S/C18H16N2O4/c1-13(23-15-10-6-3-7-11-15)18(21)22-12-16-19-20-17(24-16)14-8-4-2-5-9-14/h2-11,13H,12H2,1H3/t13-/m0/s1. The molecule has 1 atom stereocenters. The van der Waals surface area contributed by atoms with Gasteiger partial charge in [-0.1, -0.05) is 36.4 Å². The van der Waals surface area contributed by atoms with Crippen molar-refractivity contribution in [2.75, 3.05) is 0 Å². The molecule has 0 aliphatic carbocycles. The minimum Gasteiger partial charge on any atom is -0.479 e. The van der Waals surface area contributed by atoms with Gasteiger partial charge in [-0.15, -0.1) is 10.2 Å². The first-order valence-corrected chi connectivity index (χ1v) is 7.48. The van der Waals surface area contributed by atoms with Crippen molar-refractivity contribution in [2.24, 2.45) is 0 Å². The van der Waals surface area contributed by atoms with Crippen LogP contribution in [0, 0.1) is 0 Å². The first-order valence-electron chi connectivity index (χ1n) is 7.48. The molecule has 3 rings (SSSR count). The van der Waals surface area contributed by atoms with Crippen molar-refractivity contribution in [1.82, 2.24) is 10.2 Å². The smallest absolute Gasteiger partial charge is 0.347 e. The van der Waals surface area contributed by atoms with E-state index in [1.54, 1.807) is 19.1 Å². The fourth-order valence-corrected chi connectivity index (χ4v) is 2.01. The number of hydrogen-bond donors (Lipinski definition) is 0. The summed E-state index contributed by atoms with van der Waals surface area (Å²) in [4.78, 5) is 12.0. The van der Waals surface area contributed by atoms with Gasteiger partial charge >= 0.3 is 5.97 Å². The van der Waals surface area contributed by atoms with E-state index in [0.717, 1.165) is 5.56 Å². The van der Waals surface area contributed by atoms with Gasteiger partial charge in [0.15, 0.2) is 12.7 Å². The van der Waals surface area contributed by atoms with Crippen molar-refractivity contribution < 1.29 is 18.7 Å². The number of nitrogens with zero attached hydrogens (tertiary/aromatic N) is 2. The van der Waals surface area contributed by atoms with Gasteiger partial charge in [-0.3, -0.25) is 0 Å². The van der Waals surface area contributed by atoms with Crippen LogP contribution in [0.25, 0.3) is 11.5 Å². The molecule has 122 valence electrons. The Balaban J connectivity index is 1.54. The molecule has 0 spiro atoms. The monoisotopic (exact) mass is 324 g/mol. The Labute approximate surface area is 139 Å². The van der Waals surface area contributed by atoms with Crippen molar-refractivity contribution >= 4 is 5.97 Å². The molecule has 0 fully saturated rings. The highest BCUT2D eigenvalue weighted by Crippen LogP contribution is 2.17. The zero-order valence-electron chi connectivity index (χ0n) is 13.1. The molecule has 6 heteroatoms. The first kappa shape index (κ1) is 15.7. The molecule has 3 aromatic rings. The highest BCUT2D eigenvalue weighted by Gasteiger charge is 2.18. The number of hydrogen-bond acceptors (Lipinski definition) is 6. The van der Waals surface area contributed by atoms with Crippen LogP contribution in [-0.4, -0.2) is 22.3 Å². The van der Waals surface area contributed by atoms with E-state index in [1.165, 1.54) is 0 Å². The fraction of sp³-hybridized carbons (Fsp3) is 0.167. The summed E-state index contributed by atoms with van der Waals surface area (Å²) in [6.07, 6.45) is -0.732. The summed E-state index contributed by atoms with van der Waals surface area (Å²) in [5.41, 5.74) is 0.809. The minimum atomic E-state index is -0.732. The Bertz CT molecular complexity index is 787. The van der Waals surface area contributed by atoms with E-state index in [2.05, 4.69) is 10.2 Å². The number of benzene rings is 2. The lowest BCUT2D eigenvalue weighted by molar-refractivity contribution is -0.153. The van der Waals surface area contributed by atoms with Crippen molar-refractivity contribution in [3.05, 3.63) is 66.6 Å². The van der Waals surface area contributed by atoms with Crippen LogP contribution in [0.15, 0.2) is 65.1 Å². The highest BCUT2D eigenvalue weighted by molar-refractivity contribution is 5.74. The van der Waals surface area contributed by atoms with E-state index in [0.29, 0.717) is 11.6 Å². The van der Waals surface area contributed by atoms with Crippen LogP contribution >= 0.6 is 0 Å². The lowest BCUT2D eigenvalue weighted by Gasteiger charge is -2.12. The quantitative estimate of drug-likeness (QED) is 0.648. The van der Waals surface area contributed by atoms with Gasteiger partial charge in [-0.25, -0.2) is 4.79 Å². The molecular formula is C18H16N2O4. The van der Waals surface area contributed by atoms with Crippen LogP contribution in [0.4, 0.5) is 0 Å². The summed E-state index contributed by atoms with van der Waals surface area (Å²) in [6.45, 7) is 1.53. The molecule has 0 aliphatic rings. The number of carbonyl (C=O) groups excluding carboxylic acids is 1. The number of para-hydroxylation sites is 1. The first-order chi connectivity index (χ1) is 11.7. The highest BCUT2D eigenvalue weighted by atomic mass is 16.6. The second-order valence-electron chi connectivity index (χ2n) is 5.05. The van der Waals surface area contributed by atoms with Gasteiger partial charge in [0.05, 0.1) is 0 Å². The molecule has 6 nitrogen and oxygen atoms in total. The van der Waals surface area contributed by atoms with Crippen LogP contribution in [0.3, 0.4) is 0 Å². The molecule has 0 N–H and O–H groups in total. The topological polar surface area (TPSA) is 74.5 Å². The molecule has 24 heavy (non-hydrogen) atoms. The molecule has 2 aromatic carbocycles. The molecule has 1 heterocycles.